The Kier molecular flexibility index (Phi) is 3.05. The molecule has 0 amide bonds. The van der Waals surface area contributed by atoms with E-state index in [2.05, 4.69) is 24.4 Å². The fourth-order valence-corrected chi connectivity index (χ4v) is 4.47. The third-order valence-corrected chi connectivity index (χ3v) is 5.42. The molecule has 2 nitrogen and oxygen atoms in total. The van der Waals surface area contributed by atoms with Crippen molar-refractivity contribution < 1.29 is 4.74 Å². The van der Waals surface area contributed by atoms with Crippen LogP contribution in [0.15, 0.2) is 17.0 Å². The highest BCUT2D eigenvalue weighted by Gasteiger charge is 2.33. The Bertz CT molecular complexity index is 432. The zero-order chi connectivity index (χ0) is 11.8. The molecule has 0 unspecified atom stereocenters. The molecule has 92 valence electrons. The van der Waals surface area contributed by atoms with E-state index in [1.54, 1.807) is 7.11 Å². The number of aryl methyl sites for hydroxylation is 1. The Hall–Kier alpha value is -0.670. The van der Waals surface area contributed by atoms with Crippen molar-refractivity contribution in [1.29, 1.82) is 0 Å². The Morgan fingerprint density at radius 2 is 2.29 bits per heavy atom. The molecule has 0 saturated carbocycles. The van der Waals surface area contributed by atoms with Crippen molar-refractivity contribution in [3.05, 3.63) is 23.3 Å². The maximum atomic E-state index is 5.41. The van der Waals surface area contributed by atoms with Crippen LogP contribution in [-0.4, -0.2) is 26.0 Å². The molecule has 3 heteroatoms. The van der Waals surface area contributed by atoms with Crippen molar-refractivity contribution in [2.24, 2.45) is 5.92 Å². The van der Waals surface area contributed by atoms with Gasteiger partial charge < -0.3 is 10.1 Å². The lowest BCUT2D eigenvalue weighted by molar-refractivity contribution is 0.343. The minimum absolute atomic E-state index is 0.689. The molecule has 1 fully saturated rings. The molecule has 1 aromatic rings. The van der Waals surface area contributed by atoms with Gasteiger partial charge in [-0.05, 0) is 49.1 Å². The Labute approximate surface area is 107 Å². The first-order valence-electron chi connectivity index (χ1n) is 6.31. The van der Waals surface area contributed by atoms with Gasteiger partial charge >= 0.3 is 0 Å². The highest BCUT2D eigenvalue weighted by atomic mass is 32.2. The predicted molar refractivity (Wildman–Crippen MR) is 72.2 cm³/mol. The first kappa shape index (κ1) is 11.4. The molecular weight excluding hydrogens is 230 g/mol. The molecule has 1 aromatic carbocycles. The number of rotatable bonds is 1. The number of piperidine rings is 1. The Morgan fingerprint density at radius 3 is 3.12 bits per heavy atom. The average molecular weight is 249 g/mol. The fraction of sp³-hybridized carbons (Fsp3) is 0.571. The monoisotopic (exact) mass is 249 g/mol. The van der Waals surface area contributed by atoms with Gasteiger partial charge in [0, 0.05) is 23.1 Å². The molecule has 2 aliphatic heterocycles. The van der Waals surface area contributed by atoms with Gasteiger partial charge in [0.05, 0.1) is 7.11 Å². The molecule has 3 rings (SSSR count). The van der Waals surface area contributed by atoms with Crippen LogP contribution in [0.1, 0.15) is 23.5 Å². The number of ether oxygens (including phenoxy) is 1. The van der Waals surface area contributed by atoms with Crippen molar-refractivity contribution in [2.45, 2.75) is 24.2 Å². The average Bonchev–Trinajstić information content (AvgIpc) is 2.38. The lowest BCUT2D eigenvalue weighted by Gasteiger charge is -2.37. The summed E-state index contributed by atoms with van der Waals surface area (Å²) in [5, 5.41) is 3.53. The second kappa shape index (κ2) is 4.54. The van der Waals surface area contributed by atoms with E-state index in [4.69, 9.17) is 4.74 Å². The molecule has 0 spiro atoms. The highest BCUT2D eigenvalue weighted by Crippen LogP contribution is 2.46. The van der Waals surface area contributed by atoms with Crippen LogP contribution in [0.25, 0.3) is 0 Å². The molecule has 0 aromatic heterocycles. The van der Waals surface area contributed by atoms with Crippen LogP contribution >= 0.6 is 11.8 Å². The van der Waals surface area contributed by atoms with E-state index >= 15 is 0 Å². The van der Waals surface area contributed by atoms with Crippen molar-refractivity contribution in [3.63, 3.8) is 0 Å². The summed E-state index contributed by atoms with van der Waals surface area (Å²) in [5.41, 5.74) is 2.88. The van der Waals surface area contributed by atoms with Gasteiger partial charge in [-0.3, -0.25) is 0 Å². The summed E-state index contributed by atoms with van der Waals surface area (Å²) in [7, 11) is 1.76. The summed E-state index contributed by atoms with van der Waals surface area (Å²) >= 11 is 2.04. The molecule has 2 atom stereocenters. The van der Waals surface area contributed by atoms with Gasteiger partial charge in [-0.25, -0.2) is 0 Å². The maximum Gasteiger partial charge on any atom is 0.119 e. The summed E-state index contributed by atoms with van der Waals surface area (Å²) in [5.74, 6) is 3.83. The lowest BCUT2D eigenvalue weighted by atomic mass is 9.81. The van der Waals surface area contributed by atoms with Crippen molar-refractivity contribution in [2.75, 3.05) is 26.0 Å². The Balaban J connectivity index is 2.05. The number of thioether (sulfide) groups is 1. The molecule has 1 saturated heterocycles. The smallest absolute Gasteiger partial charge is 0.119 e. The normalized spacial score (nSPS) is 27.2. The summed E-state index contributed by atoms with van der Waals surface area (Å²) in [6.45, 7) is 4.51. The van der Waals surface area contributed by atoms with Crippen LogP contribution in [-0.2, 0) is 0 Å². The summed E-state index contributed by atoms with van der Waals surface area (Å²) in [6, 6.07) is 4.40. The zero-order valence-electron chi connectivity index (χ0n) is 10.5. The highest BCUT2D eigenvalue weighted by molar-refractivity contribution is 7.99. The minimum atomic E-state index is 0.689. The van der Waals surface area contributed by atoms with E-state index in [0.717, 1.165) is 18.2 Å². The van der Waals surface area contributed by atoms with Crippen LogP contribution in [0.5, 0.6) is 5.75 Å². The molecule has 17 heavy (non-hydrogen) atoms. The molecular formula is C14H19NOS. The molecule has 0 radical (unpaired) electrons. The van der Waals surface area contributed by atoms with Crippen LogP contribution in [0.4, 0.5) is 0 Å². The molecule has 0 aliphatic carbocycles. The van der Waals surface area contributed by atoms with Crippen LogP contribution < -0.4 is 10.1 Å². The fourth-order valence-electron chi connectivity index (χ4n) is 3.02. The van der Waals surface area contributed by atoms with Gasteiger partial charge in [0.2, 0.25) is 0 Å². The lowest BCUT2D eigenvalue weighted by Crippen LogP contribution is -2.38. The molecule has 2 heterocycles. The van der Waals surface area contributed by atoms with E-state index in [0.29, 0.717) is 5.92 Å². The first-order chi connectivity index (χ1) is 8.29. The second-order valence-corrected chi connectivity index (χ2v) is 6.06. The SMILES string of the molecule is COc1cc(C)c2c(c1)[C@H]1CNCC[C@H]1CS2. The first-order valence-corrected chi connectivity index (χ1v) is 7.30. The summed E-state index contributed by atoms with van der Waals surface area (Å²) < 4.78 is 5.41. The van der Waals surface area contributed by atoms with E-state index in [9.17, 15) is 0 Å². The topological polar surface area (TPSA) is 21.3 Å². The summed E-state index contributed by atoms with van der Waals surface area (Å²) in [6.07, 6.45) is 1.31. The third kappa shape index (κ3) is 1.95. The third-order valence-electron chi connectivity index (χ3n) is 3.98. The quantitative estimate of drug-likeness (QED) is 0.827. The van der Waals surface area contributed by atoms with Crippen LogP contribution in [0, 0.1) is 12.8 Å². The van der Waals surface area contributed by atoms with Gasteiger partial charge in [0.1, 0.15) is 5.75 Å². The number of benzene rings is 1. The zero-order valence-corrected chi connectivity index (χ0v) is 11.3. The van der Waals surface area contributed by atoms with Crippen molar-refractivity contribution in [3.8, 4) is 5.75 Å². The van der Waals surface area contributed by atoms with Crippen molar-refractivity contribution in [1.82, 2.24) is 5.32 Å². The van der Waals surface area contributed by atoms with Crippen LogP contribution in [0.2, 0.25) is 0 Å². The minimum Gasteiger partial charge on any atom is -0.497 e. The van der Waals surface area contributed by atoms with Crippen LogP contribution in [0.3, 0.4) is 0 Å². The van der Waals surface area contributed by atoms with Gasteiger partial charge in [0.25, 0.3) is 0 Å². The van der Waals surface area contributed by atoms with E-state index in [1.807, 2.05) is 11.8 Å². The molecule has 0 bridgehead atoms. The van der Waals surface area contributed by atoms with E-state index in [1.165, 1.54) is 34.7 Å². The van der Waals surface area contributed by atoms with Crippen molar-refractivity contribution >= 4 is 11.8 Å². The number of fused-ring (bicyclic) bond motifs is 3. The second-order valence-electron chi connectivity index (χ2n) is 5.03. The van der Waals surface area contributed by atoms with Gasteiger partial charge in [-0.1, -0.05) is 0 Å². The number of nitrogens with one attached hydrogen (secondary N) is 1. The maximum absolute atomic E-state index is 5.41. The van der Waals surface area contributed by atoms with Gasteiger partial charge in [-0.2, -0.15) is 0 Å². The number of methoxy groups -OCH3 is 1. The Morgan fingerprint density at radius 1 is 1.41 bits per heavy atom. The number of hydrogen-bond acceptors (Lipinski definition) is 3. The molecule has 1 N–H and O–H groups in total. The van der Waals surface area contributed by atoms with Gasteiger partial charge in [-0.15, -0.1) is 11.8 Å². The largest absolute Gasteiger partial charge is 0.497 e. The van der Waals surface area contributed by atoms with E-state index < -0.39 is 0 Å². The standard InChI is InChI=1S/C14H19NOS/c1-9-5-11(16-2)6-12-13-7-15-4-3-10(13)8-17-14(9)12/h5-6,10,13,15H,3-4,7-8H2,1-2H3/t10-,13-/m0/s1. The van der Waals surface area contributed by atoms with Gasteiger partial charge in [0.15, 0.2) is 0 Å². The number of hydrogen-bond donors (Lipinski definition) is 1. The molecule has 2 aliphatic rings. The predicted octanol–water partition coefficient (Wildman–Crippen LogP) is 2.80. The summed E-state index contributed by atoms with van der Waals surface area (Å²) in [4.78, 5) is 1.50. The van der Waals surface area contributed by atoms with E-state index in [-0.39, 0.29) is 0 Å².